The number of hydrogen-bond donors (Lipinski definition) is 1. The summed E-state index contributed by atoms with van der Waals surface area (Å²) in [5, 5.41) is 0. The Hall–Kier alpha value is -4.82. The molecule has 51 heavy (non-hydrogen) atoms. The summed E-state index contributed by atoms with van der Waals surface area (Å²) in [6.45, 7) is 27.1. The number of hydrogen-bond acceptors (Lipinski definition) is 2. The average molecular weight is 676 g/mol. The van der Waals surface area contributed by atoms with E-state index in [0.29, 0.717) is 5.70 Å². The SMILES string of the molecule is C=C(/C=C(\C(N)=C(\C1=C(c2ccc(C(C)(C)C)cc2)C=CC1C)c1ccc(OC)cc1)c1ccc(C(C)(C)C)cc1)c1ccc(C(C)(C)C)cc1. The van der Waals surface area contributed by atoms with Crippen LogP contribution < -0.4 is 10.5 Å². The Morgan fingerprint density at radius 3 is 1.51 bits per heavy atom. The lowest BCUT2D eigenvalue weighted by molar-refractivity contribution is 0.415. The van der Waals surface area contributed by atoms with Crippen LogP contribution in [0.5, 0.6) is 5.75 Å². The van der Waals surface area contributed by atoms with Crippen LogP contribution in [0, 0.1) is 5.92 Å². The van der Waals surface area contributed by atoms with E-state index < -0.39 is 0 Å². The molecule has 4 aromatic carbocycles. The molecular weight excluding hydrogens is 619 g/mol. The van der Waals surface area contributed by atoms with Crippen LogP contribution in [-0.4, -0.2) is 7.11 Å². The maximum absolute atomic E-state index is 7.57. The third-order valence-electron chi connectivity index (χ3n) is 10.1. The molecule has 1 aliphatic carbocycles. The van der Waals surface area contributed by atoms with E-state index in [4.69, 9.17) is 10.5 Å². The minimum Gasteiger partial charge on any atom is -0.497 e. The molecule has 0 spiro atoms. The molecule has 4 aromatic rings. The molecule has 0 fully saturated rings. The summed E-state index contributed by atoms with van der Waals surface area (Å²) in [4.78, 5) is 0. The van der Waals surface area contributed by atoms with Gasteiger partial charge in [-0.15, -0.1) is 0 Å². The first kappa shape index (κ1) is 37.4. The Kier molecular flexibility index (Phi) is 10.6. The lowest BCUT2D eigenvalue weighted by atomic mass is 9.82. The van der Waals surface area contributed by atoms with E-state index in [1.54, 1.807) is 7.11 Å². The fourth-order valence-electron chi connectivity index (χ4n) is 6.69. The number of ether oxygens (including phenoxy) is 1. The summed E-state index contributed by atoms with van der Waals surface area (Å²) in [7, 11) is 1.70. The van der Waals surface area contributed by atoms with Crippen LogP contribution in [0.25, 0.3) is 22.3 Å². The van der Waals surface area contributed by atoms with E-state index in [1.807, 2.05) is 12.1 Å². The van der Waals surface area contributed by atoms with Gasteiger partial charge in [-0.25, -0.2) is 0 Å². The van der Waals surface area contributed by atoms with Crippen LogP contribution in [0.4, 0.5) is 0 Å². The van der Waals surface area contributed by atoms with Gasteiger partial charge in [0.1, 0.15) is 5.75 Å². The highest BCUT2D eigenvalue weighted by Crippen LogP contribution is 2.44. The molecule has 1 aliphatic rings. The standard InChI is InChI=1S/C49H57NO/c1-32-13-30-42(35-16-24-39(25-17-35)48(6,7)8)44(32)45(37-20-28-41(51-12)29-21-37)46(50)43(36-18-26-40(27-19-36)49(9,10)11)31-33(2)34-14-22-38(23-15-34)47(3,4)5/h13-32H,2,50H2,1,3-12H3/b43-31-,46-45-. The van der Waals surface area contributed by atoms with Gasteiger partial charge in [-0.2, -0.15) is 0 Å². The molecule has 0 saturated heterocycles. The molecule has 1 atom stereocenters. The van der Waals surface area contributed by atoms with Crippen LogP contribution in [0.15, 0.2) is 133 Å². The Morgan fingerprint density at radius 2 is 1.06 bits per heavy atom. The topological polar surface area (TPSA) is 35.2 Å². The van der Waals surface area contributed by atoms with Crippen molar-refractivity contribution in [1.82, 2.24) is 0 Å². The second kappa shape index (κ2) is 14.4. The predicted octanol–water partition coefficient (Wildman–Crippen LogP) is 12.7. The van der Waals surface area contributed by atoms with Gasteiger partial charge >= 0.3 is 0 Å². The van der Waals surface area contributed by atoms with Crippen LogP contribution in [0.3, 0.4) is 0 Å². The summed E-state index contributed by atoms with van der Waals surface area (Å²) >= 11 is 0. The summed E-state index contributed by atoms with van der Waals surface area (Å²) in [5.41, 5.74) is 22.0. The molecule has 0 bridgehead atoms. The highest BCUT2D eigenvalue weighted by molar-refractivity contribution is 6.03. The van der Waals surface area contributed by atoms with Gasteiger partial charge < -0.3 is 10.5 Å². The molecule has 0 radical (unpaired) electrons. The zero-order valence-corrected chi connectivity index (χ0v) is 32.7. The first-order valence-electron chi connectivity index (χ1n) is 18.2. The molecule has 1 unspecified atom stereocenters. The third-order valence-corrected chi connectivity index (χ3v) is 10.1. The highest BCUT2D eigenvalue weighted by Gasteiger charge is 2.27. The molecular formula is C49H57NO. The van der Waals surface area contributed by atoms with Crippen LogP contribution in [-0.2, 0) is 16.2 Å². The van der Waals surface area contributed by atoms with Crippen LogP contribution in [0.2, 0.25) is 0 Å². The van der Waals surface area contributed by atoms with Gasteiger partial charge in [-0.3, -0.25) is 0 Å². The molecule has 264 valence electrons. The van der Waals surface area contributed by atoms with Crippen molar-refractivity contribution in [3.05, 3.63) is 172 Å². The van der Waals surface area contributed by atoms with Crippen molar-refractivity contribution in [2.75, 3.05) is 7.11 Å². The Labute approximate surface area is 308 Å². The van der Waals surface area contributed by atoms with Gasteiger partial charge in [0.25, 0.3) is 0 Å². The molecule has 0 aliphatic heterocycles. The first-order valence-corrected chi connectivity index (χ1v) is 18.2. The van der Waals surface area contributed by atoms with Crippen molar-refractivity contribution in [1.29, 1.82) is 0 Å². The Balaban J connectivity index is 1.78. The Bertz CT molecular complexity index is 1990. The monoisotopic (exact) mass is 675 g/mol. The van der Waals surface area contributed by atoms with E-state index in [2.05, 4.69) is 179 Å². The normalized spacial score (nSPS) is 16.0. The molecule has 0 amide bonds. The zero-order valence-electron chi connectivity index (χ0n) is 32.7. The fraction of sp³-hybridized carbons (Fsp3) is 0.306. The maximum Gasteiger partial charge on any atom is 0.118 e. The molecule has 2 heteroatoms. The molecule has 2 nitrogen and oxygen atoms in total. The molecule has 2 N–H and O–H groups in total. The summed E-state index contributed by atoms with van der Waals surface area (Å²) < 4.78 is 5.58. The van der Waals surface area contributed by atoms with Gasteiger partial charge in [-0.05, 0) is 90.1 Å². The van der Waals surface area contributed by atoms with Crippen molar-refractivity contribution in [3.8, 4) is 5.75 Å². The minimum atomic E-state index is 0.0314. The van der Waals surface area contributed by atoms with Crippen molar-refractivity contribution in [2.24, 2.45) is 11.7 Å². The van der Waals surface area contributed by atoms with Gasteiger partial charge in [0, 0.05) is 22.8 Å². The first-order chi connectivity index (χ1) is 23.9. The van der Waals surface area contributed by atoms with Crippen molar-refractivity contribution >= 4 is 22.3 Å². The third kappa shape index (κ3) is 8.39. The van der Waals surface area contributed by atoms with E-state index >= 15 is 0 Å². The number of methoxy groups -OCH3 is 1. The van der Waals surface area contributed by atoms with E-state index in [1.165, 1.54) is 33.4 Å². The van der Waals surface area contributed by atoms with Crippen LogP contribution >= 0.6 is 0 Å². The van der Waals surface area contributed by atoms with E-state index in [-0.39, 0.29) is 22.2 Å². The van der Waals surface area contributed by atoms with Gasteiger partial charge in [0.2, 0.25) is 0 Å². The number of nitrogens with two attached hydrogens (primary N) is 1. The minimum absolute atomic E-state index is 0.0314. The van der Waals surface area contributed by atoms with Gasteiger partial charge in [0.05, 0.1) is 7.11 Å². The quantitative estimate of drug-likeness (QED) is 0.189. The van der Waals surface area contributed by atoms with Crippen molar-refractivity contribution in [3.63, 3.8) is 0 Å². The number of rotatable bonds is 8. The lowest BCUT2D eigenvalue weighted by Gasteiger charge is -2.24. The molecule has 0 heterocycles. The summed E-state index contributed by atoms with van der Waals surface area (Å²) in [6.07, 6.45) is 6.72. The highest BCUT2D eigenvalue weighted by atomic mass is 16.5. The van der Waals surface area contributed by atoms with Crippen molar-refractivity contribution in [2.45, 2.75) is 85.5 Å². The second-order valence-corrected chi connectivity index (χ2v) is 17.1. The second-order valence-electron chi connectivity index (χ2n) is 17.1. The van der Waals surface area contributed by atoms with E-state index in [0.717, 1.165) is 39.2 Å². The largest absolute Gasteiger partial charge is 0.497 e. The maximum atomic E-state index is 7.57. The number of allylic oxidation sites excluding steroid dienone is 8. The number of benzene rings is 4. The molecule has 0 aromatic heterocycles. The van der Waals surface area contributed by atoms with E-state index in [9.17, 15) is 0 Å². The van der Waals surface area contributed by atoms with Crippen LogP contribution in [0.1, 0.15) is 108 Å². The van der Waals surface area contributed by atoms with Gasteiger partial charge in [-0.1, -0.05) is 173 Å². The lowest BCUT2D eigenvalue weighted by Crippen LogP contribution is -2.12. The molecule has 5 rings (SSSR count). The Morgan fingerprint density at radius 1 is 0.627 bits per heavy atom. The van der Waals surface area contributed by atoms with Gasteiger partial charge in [0.15, 0.2) is 0 Å². The predicted molar refractivity (Wildman–Crippen MR) is 222 cm³/mol. The average Bonchev–Trinajstić information content (AvgIpc) is 3.46. The summed E-state index contributed by atoms with van der Waals surface area (Å²) in [6, 6.07) is 35.0. The fourth-order valence-corrected chi connectivity index (χ4v) is 6.69. The molecule has 0 saturated carbocycles. The van der Waals surface area contributed by atoms with Crippen molar-refractivity contribution < 1.29 is 4.74 Å². The smallest absolute Gasteiger partial charge is 0.118 e. The summed E-state index contributed by atoms with van der Waals surface area (Å²) in [5.74, 6) is 0.956. The zero-order chi connectivity index (χ0) is 37.3.